The fraction of sp³-hybridized carbons (Fsp3) is 0.300. The minimum absolute atomic E-state index is 0.204. The van der Waals surface area contributed by atoms with E-state index in [-0.39, 0.29) is 11.9 Å². The summed E-state index contributed by atoms with van der Waals surface area (Å²) in [4.78, 5) is 16.6. The Bertz CT molecular complexity index is 900. The lowest BCUT2D eigenvalue weighted by Crippen LogP contribution is -2.13. The molecule has 0 aliphatic carbocycles. The lowest BCUT2D eigenvalue weighted by atomic mass is 10.0. The van der Waals surface area contributed by atoms with Gasteiger partial charge in [-0.1, -0.05) is 30.7 Å². The quantitative estimate of drug-likeness (QED) is 0.610. The van der Waals surface area contributed by atoms with Crippen molar-refractivity contribution >= 4 is 28.6 Å². The SMILES string of the molecule is CCOC(=O)C(C)c1ccc(-n2c(CC)nc3ccc(Cl)cc32)cc1. The minimum atomic E-state index is -0.284. The van der Waals surface area contributed by atoms with E-state index in [4.69, 9.17) is 16.3 Å². The number of hydrogen-bond acceptors (Lipinski definition) is 3. The third kappa shape index (κ3) is 3.40. The second-order valence-corrected chi connectivity index (χ2v) is 6.35. The van der Waals surface area contributed by atoms with Crippen LogP contribution in [0, 0.1) is 0 Å². The molecule has 3 aromatic rings. The van der Waals surface area contributed by atoms with Crippen LogP contribution in [0.15, 0.2) is 42.5 Å². The molecule has 1 atom stereocenters. The van der Waals surface area contributed by atoms with Gasteiger partial charge in [-0.25, -0.2) is 4.98 Å². The Morgan fingerprint density at radius 2 is 1.92 bits per heavy atom. The average Bonchev–Trinajstić information content (AvgIpc) is 2.99. The first-order chi connectivity index (χ1) is 12.0. The Labute approximate surface area is 152 Å². The molecule has 0 amide bonds. The minimum Gasteiger partial charge on any atom is -0.466 e. The summed E-state index contributed by atoms with van der Waals surface area (Å²) in [7, 11) is 0. The molecule has 1 aromatic heterocycles. The fourth-order valence-electron chi connectivity index (χ4n) is 2.94. The number of aromatic nitrogens is 2. The van der Waals surface area contributed by atoms with Crippen LogP contribution in [0.2, 0.25) is 5.02 Å². The molecule has 130 valence electrons. The predicted molar refractivity (Wildman–Crippen MR) is 101 cm³/mol. The van der Waals surface area contributed by atoms with Gasteiger partial charge < -0.3 is 4.74 Å². The first-order valence-corrected chi connectivity index (χ1v) is 8.86. The summed E-state index contributed by atoms with van der Waals surface area (Å²) >= 11 is 6.17. The van der Waals surface area contributed by atoms with Crippen molar-refractivity contribution in [3.63, 3.8) is 0 Å². The highest BCUT2D eigenvalue weighted by molar-refractivity contribution is 6.31. The molecule has 0 radical (unpaired) electrons. The summed E-state index contributed by atoms with van der Waals surface area (Å²) in [6, 6.07) is 13.7. The summed E-state index contributed by atoms with van der Waals surface area (Å²) in [6.45, 7) is 6.14. The van der Waals surface area contributed by atoms with Crippen molar-refractivity contribution in [3.8, 4) is 5.69 Å². The van der Waals surface area contributed by atoms with Gasteiger partial charge in [0.05, 0.1) is 23.6 Å². The number of halogens is 1. The summed E-state index contributed by atoms with van der Waals surface area (Å²) in [5.74, 6) is 0.487. The third-order valence-electron chi connectivity index (χ3n) is 4.29. The van der Waals surface area contributed by atoms with Gasteiger partial charge in [0.15, 0.2) is 0 Å². The van der Waals surface area contributed by atoms with Gasteiger partial charge in [0.25, 0.3) is 0 Å². The van der Waals surface area contributed by atoms with Crippen molar-refractivity contribution in [1.29, 1.82) is 0 Å². The molecule has 0 fully saturated rings. The number of nitrogens with zero attached hydrogens (tertiary/aromatic N) is 2. The fourth-order valence-corrected chi connectivity index (χ4v) is 3.11. The standard InChI is InChI=1S/C20H21ClN2O2/c1-4-19-22-17-11-8-15(21)12-18(17)23(19)16-9-6-14(7-10-16)13(3)20(24)25-5-2/h6-13H,4-5H2,1-3H3. The van der Waals surface area contributed by atoms with E-state index in [0.29, 0.717) is 11.6 Å². The van der Waals surface area contributed by atoms with E-state index in [1.54, 1.807) is 0 Å². The Balaban J connectivity index is 2.01. The summed E-state index contributed by atoms with van der Waals surface area (Å²) < 4.78 is 7.21. The third-order valence-corrected chi connectivity index (χ3v) is 4.53. The number of fused-ring (bicyclic) bond motifs is 1. The van der Waals surface area contributed by atoms with Crippen LogP contribution in [0.5, 0.6) is 0 Å². The van der Waals surface area contributed by atoms with Crippen molar-refractivity contribution in [3.05, 3.63) is 58.9 Å². The lowest BCUT2D eigenvalue weighted by molar-refractivity contribution is -0.144. The van der Waals surface area contributed by atoms with Gasteiger partial charge in [-0.05, 0) is 49.7 Å². The van der Waals surface area contributed by atoms with Crippen molar-refractivity contribution in [1.82, 2.24) is 9.55 Å². The van der Waals surface area contributed by atoms with Crippen LogP contribution >= 0.6 is 11.6 Å². The van der Waals surface area contributed by atoms with Crippen molar-refractivity contribution in [2.45, 2.75) is 33.1 Å². The van der Waals surface area contributed by atoms with Gasteiger partial charge >= 0.3 is 5.97 Å². The number of carbonyl (C=O) groups is 1. The van der Waals surface area contributed by atoms with Crippen LogP contribution in [0.3, 0.4) is 0 Å². The molecule has 0 bridgehead atoms. The Kier molecular flexibility index (Phi) is 5.09. The molecule has 0 aliphatic rings. The number of aryl methyl sites for hydroxylation is 1. The van der Waals surface area contributed by atoms with Gasteiger partial charge in [-0.15, -0.1) is 0 Å². The van der Waals surface area contributed by atoms with Gasteiger partial charge in [0.1, 0.15) is 5.82 Å². The largest absolute Gasteiger partial charge is 0.466 e. The molecule has 25 heavy (non-hydrogen) atoms. The number of hydrogen-bond donors (Lipinski definition) is 0. The highest BCUT2D eigenvalue weighted by atomic mass is 35.5. The number of rotatable bonds is 5. The number of ether oxygens (including phenoxy) is 1. The molecule has 4 nitrogen and oxygen atoms in total. The molecule has 1 unspecified atom stereocenters. The van der Waals surface area contributed by atoms with Crippen LogP contribution in [0.4, 0.5) is 0 Å². The molecule has 1 heterocycles. The van der Waals surface area contributed by atoms with Crippen LogP contribution in [-0.2, 0) is 16.0 Å². The highest BCUT2D eigenvalue weighted by Crippen LogP contribution is 2.26. The second-order valence-electron chi connectivity index (χ2n) is 5.92. The smallest absolute Gasteiger partial charge is 0.313 e. The first-order valence-electron chi connectivity index (χ1n) is 8.49. The molecular weight excluding hydrogens is 336 g/mol. The van der Waals surface area contributed by atoms with E-state index >= 15 is 0 Å². The molecule has 0 saturated heterocycles. The molecule has 0 saturated carbocycles. The zero-order valence-electron chi connectivity index (χ0n) is 14.6. The van der Waals surface area contributed by atoms with E-state index in [1.807, 2.05) is 56.3 Å². The molecule has 0 spiro atoms. The number of esters is 1. The summed E-state index contributed by atoms with van der Waals surface area (Å²) in [5, 5.41) is 0.684. The highest BCUT2D eigenvalue weighted by Gasteiger charge is 2.17. The van der Waals surface area contributed by atoms with Crippen LogP contribution in [0.1, 0.15) is 38.1 Å². The molecular formula is C20H21ClN2O2. The normalized spacial score (nSPS) is 12.3. The molecule has 0 N–H and O–H groups in total. The monoisotopic (exact) mass is 356 g/mol. The van der Waals surface area contributed by atoms with Gasteiger partial charge in [-0.3, -0.25) is 9.36 Å². The van der Waals surface area contributed by atoms with E-state index in [2.05, 4.69) is 16.5 Å². The summed E-state index contributed by atoms with van der Waals surface area (Å²) in [6.07, 6.45) is 0.813. The predicted octanol–water partition coefficient (Wildman–Crippen LogP) is 4.91. The maximum atomic E-state index is 11.9. The molecule has 5 heteroatoms. The van der Waals surface area contributed by atoms with Gasteiger partial charge in [0, 0.05) is 17.1 Å². The maximum absolute atomic E-state index is 11.9. The van der Waals surface area contributed by atoms with E-state index < -0.39 is 0 Å². The van der Waals surface area contributed by atoms with Gasteiger partial charge in [-0.2, -0.15) is 0 Å². The van der Waals surface area contributed by atoms with Crippen molar-refractivity contribution in [2.24, 2.45) is 0 Å². The Morgan fingerprint density at radius 3 is 2.56 bits per heavy atom. The van der Waals surface area contributed by atoms with Crippen LogP contribution in [-0.4, -0.2) is 22.1 Å². The number of imidazole rings is 1. The van der Waals surface area contributed by atoms with Crippen molar-refractivity contribution < 1.29 is 9.53 Å². The van der Waals surface area contributed by atoms with E-state index in [1.165, 1.54) is 0 Å². The van der Waals surface area contributed by atoms with Crippen LogP contribution < -0.4 is 0 Å². The summed E-state index contributed by atoms with van der Waals surface area (Å²) in [5.41, 5.74) is 3.84. The Hall–Kier alpha value is -2.33. The maximum Gasteiger partial charge on any atom is 0.313 e. The molecule has 2 aromatic carbocycles. The number of carbonyl (C=O) groups excluding carboxylic acids is 1. The molecule has 3 rings (SSSR count). The zero-order valence-corrected chi connectivity index (χ0v) is 15.4. The topological polar surface area (TPSA) is 44.1 Å². The van der Waals surface area contributed by atoms with Gasteiger partial charge in [0.2, 0.25) is 0 Å². The van der Waals surface area contributed by atoms with Crippen molar-refractivity contribution in [2.75, 3.05) is 6.61 Å². The lowest BCUT2D eigenvalue weighted by Gasteiger charge is -2.13. The zero-order chi connectivity index (χ0) is 18.0. The Morgan fingerprint density at radius 1 is 1.20 bits per heavy atom. The first kappa shape index (κ1) is 17.5. The number of benzene rings is 2. The average molecular weight is 357 g/mol. The van der Waals surface area contributed by atoms with E-state index in [0.717, 1.165) is 34.5 Å². The molecule has 0 aliphatic heterocycles. The van der Waals surface area contributed by atoms with E-state index in [9.17, 15) is 4.79 Å². The second kappa shape index (κ2) is 7.28. The van der Waals surface area contributed by atoms with Crippen LogP contribution in [0.25, 0.3) is 16.7 Å².